The zero-order valence-corrected chi connectivity index (χ0v) is 25.5. The Bertz CT molecular complexity index is 1510. The fourth-order valence-corrected chi connectivity index (χ4v) is 5.70. The molecule has 1 aliphatic rings. The number of nitrogens with zero attached hydrogens (tertiary/aromatic N) is 3. The standard InChI is InChI=1S/C37H42N4O2/c1-28(2)12-11-23-40-24-26-41(27-25-40)35-18-10-9-17-34(35)39(3)37(43)30-19-21-31(22-20-30)38-36(42)33-16-8-7-15-32(33)29-13-5-4-6-14-29/h4-10,13-22,28H,11-12,23-27H2,1-3H3,(H,38,42). The minimum absolute atomic E-state index is 0.0907. The molecule has 6 heteroatoms. The average Bonchev–Trinajstić information content (AvgIpc) is 3.05. The van der Waals surface area contributed by atoms with Crippen molar-refractivity contribution in [1.29, 1.82) is 0 Å². The number of hydrogen-bond donors (Lipinski definition) is 1. The molecule has 0 radical (unpaired) electrons. The smallest absolute Gasteiger partial charge is 0.258 e. The first kappa shape index (κ1) is 30.1. The van der Waals surface area contributed by atoms with Gasteiger partial charge >= 0.3 is 0 Å². The Morgan fingerprint density at radius 2 is 1.44 bits per heavy atom. The Morgan fingerprint density at radius 3 is 2.16 bits per heavy atom. The zero-order chi connectivity index (χ0) is 30.2. The maximum absolute atomic E-state index is 13.6. The van der Waals surface area contributed by atoms with Crippen LogP contribution in [-0.2, 0) is 0 Å². The molecule has 0 aliphatic carbocycles. The van der Waals surface area contributed by atoms with Gasteiger partial charge in [-0.05, 0) is 78.9 Å². The largest absolute Gasteiger partial charge is 0.367 e. The highest BCUT2D eigenvalue weighted by atomic mass is 16.2. The van der Waals surface area contributed by atoms with Gasteiger partial charge in [0.25, 0.3) is 11.8 Å². The van der Waals surface area contributed by atoms with E-state index in [4.69, 9.17) is 0 Å². The van der Waals surface area contributed by atoms with Crippen molar-refractivity contribution in [2.45, 2.75) is 26.7 Å². The van der Waals surface area contributed by atoms with Crippen molar-refractivity contribution in [2.75, 3.05) is 54.9 Å². The Balaban J connectivity index is 1.23. The maximum Gasteiger partial charge on any atom is 0.258 e. The predicted octanol–water partition coefficient (Wildman–Crippen LogP) is 7.44. The number of hydrogen-bond acceptors (Lipinski definition) is 4. The average molecular weight is 575 g/mol. The molecule has 1 fully saturated rings. The molecule has 0 atom stereocenters. The lowest BCUT2D eigenvalue weighted by molar-refractivity contribution is 0.0991. The molecule has 0 aromatic heterocycles. The Labute approximate surface area is 255 Å². The highest BCUT2D eigenvalue weighted by Crippen LogP contribution is 2.31. The van der Waals surface area contributed by atoms with E-state index in [2.05, 4.69) is 35.0 Å². The van der Waals surface area contributed by atoms with Crippen LogP contribution in [0.5, 0.6) is 0 Å². The highest BCUT2D eigenvalue weighted by Gasteiger charge is 2.23. The van der Waals surface area contributed by atoms with Gasteiger partial charge in [0.05, 0.1) is 11.4 Å². The number of anilines is 3. The topological polar surface area (TPSA) is 55.9 Å². The lowest BCUT2D eigenvalue weighted by atomic mass is 9.99. The lowest BCUT2D eigenvalue weighted by Crippen LogP contribution is -2.47. The molecular weight excluding hydrogens is 532 g/mol. The molecular formula is C37H42N4O2. The number of benzene rings is 4. The molecule has 0 bridgehead atoms. The molecule has 5 rings (SSSR count). The summed E-state index contributed by atoms with van der Waals surface area (Å²) in [6, 6.07) is 32.7. The van der Waals surface area contributed by atoms with Gasteiger partial charge in [-0.25, -0.2) is 0 Å². The first-order valence-corrected chi connectivity index (χ1v) is 15.3. The molecule has 0 unspecified atom stereocenters. The predicted molar refractivity (Wildman–Crippen MR) is 178 cm³/mol. The van der Waals surface area contributed by atoms with Crippen molar-refractivity contribution >= 4 is 28.9 Å². The zero-order valence-electron chi connectivity index (χ0n) is 25.5. The summed E-state index contributed by atoms with van der Waals surface area (Å²) in [4.78, 5) is 33.5. The van der Waals surface area contributed by atoms with Crippen molar-refractivity contribution in [2.24, 2.45) is 5.92 Å². The summed E-state index contributed by atoms with van der Waals surface area (Å²) in [5.74, 6) is 0.468. The van der Waals surface area contributed by atoms with Gasteiger partial charge in [-0.3, -0.25) is 14.5 Å². The van der Waals surface area contributed by atoms with Crippen molar-refractivity contribution in [3.05, 3.63) is 114 Å². The lowest BCUT2D eigenvalue weighted by Gasteiger charge is -2.38. The summed E-state index contributed by atoms with van der Waals surface area (Å²) < 4.78 is 0. The molecule has 43 heavy (non-hydrogen) atoms. The second kappa shape index (κ2) is 14.2. The number of nitrogens with one attached hydrogen (secondary N) is 1. The first-order valence-electron chi connectivity index (χ1n) is 15.3. The molecule has 222 valence electrons. The minimum atomic E-state index is -0.190. The van der Waals surface area contributed by atoms with Crippen molar-refractivity contribution in [3.63, 3.8) is 0 Å². The van der Waals surface area contributed by atoms with Crippen LogP contribution in [0.1, 0.15) is 47.4 Å². The molecule has 0 spiro atoms. The second-order valence-corrected chi connectivity index (χ2v) is 11.7. The summed E-state index contributed by atoms with van der Waals surface area (Å²) in [7, 11) is 1.83. The minimum Gasteiger partial charge on any atom is -0.367 e. The Hall–Kier alpha value is -4.42. The SMILES string of the molecule is CC(C)CCCN1CCN(c2ccccc2N(C)C(=O)c2ccc(NC(=O)c3ccccc3-c3ccccc3)cc2)CC1. The molecule has 4 aromatic rings. The van der Waals surface area contributed by atoms with Gasteiger partial charge in [-0.2, -0.15) is 0 Å². The van der Waals surface area contributed by atoms with Gasteiger partial charge < -0.3 is 15.1 Å². The van der Waals surface area contributed by atoms with E-state index in [1.807, 2.05) is 79.8 Å². The van der Waals surface area contributed by atoms with Crippen LogP contribution in [0, 0.1) is 5.92 Å². The molecule has 1 N–H and O–H groups in total. The number of rotatable bonds is 10. The van der Waals surface area contributed by atoms with Crippen LogP contribution in [0.15, 0.2) is 103 Å². The summed E-state index contributed by atoms with van der Waals surface area (Å²) in [5, 5.41) is 2.99. The van der Waals surface area contributed by atoms with Gasteiger partial charge in [0, 0.05) is 50.0 Å². The fraction of sp³-hybridized carbons (Fsp3) is 0.297. The van der Waals surface area contributed by atoms with Gasteiger partial charge in [-0.15, -0.1) is 0 Å². The quantitative estimate of drug-likeness (QED) is 0.214. The third kappa shape index (κ3) is 7.51. The van der Waals surface area contributed by atoms with Crippen LogP contribution < -0.4 is 15.1 Å². The third-order valence-electron chi connectivity index (χ3n) is 8.16. The summed E-state index contributed by atoms with van der Waals surface area (Å²) in [6.07, 6.45) is 2.51. The fourth-order valence-electron chi connectivity index (χ4n) is 5.70. The van der Waals surface area contributed by atoms with Gasteiger partial charge in [0.1, 0.15) is 0 Å². The van der Waals surface area contributed by atoms with E-state index < -0.39 is 0 Å². The van der Waals surface area contributed by atoms with Crippen LogP contribution >= 0.6 is 0 Å². The first-order chi connectivity index (χ1) is 20.9. The van der Waals surface area contributed by atoms with Crippen LogP contribution in [-0.4, -0.2) is 56.5 Å². The number of para-hydroxylation sites is 2. The number of carbonyl (C=O) groups excluding carboxylic acids is 2. The van der Waals surface area contributed by atoms with Crippen LogP contribution in [0.25, 0.3) is 11.1 Å². The maximum atomic E-state index is 13.6. The van der Waals surface area contributed by atoms with E-state index in [1.165, 1.54) is 12.8 Å². The van der Waals surface area contributed by atoms with Crippen LogP contribution in [0.4, 0.5) is 17.1 Å². The second-order valence-electron chi connectivity index (χ2n) is 11.7. The van der Waals surface area contributed by atoms with E-state index in [0.717, 1.165) is 61.1 Å². The van der Waals surface area contributed by atoms with Crippen molar-refractivity contribution in [3.8, 4) is 11.1 Å². The van der Waals surface area contributed by atoms with Gasteiger partial charge in [0.2, 0.25) is 0 Å². The highest BCUT2D eigenvalue weighted by molar-refractivity contribution is 6.10. The van der Waals surface area contributed by atoms with E-state index in [9.17, 15) is 9.59 Å². The van der Waals surface area contributed by atoms with E-state index in [-0.39, 0.29) is 11.8 Å². The molecule has 2 amide bonds. The third-order valence-corrected chi connectivity index (χ3v) is 8.16. The van der Waals surface area contributed by atoms with Crippen LogP contribution in [0.2, 0.25) is 0 Å². The molecule has 4 aromatic carbocycles. The van der Waals surface area contributed by atoms with E-state index >= 15 is 0 Å². The molecule has 0 saturated carbocycles. The summed E-state index contributed by atoms with van der Waals surface area (Å²) in [5.41, 5.74) is 5.65. The monoisotopic (exact) mass is 574 g/mol. The molecule has 6 nitrogen and oxygen atoms in total. The Kier molecular flexibility index (Phi) is 9.90. The molecule has 1 aliphatic heterocycles. The number of carbonyl (C=O) groups is 2. The normalized spacial score (nSPS) is 13.6. The Morgan fingerprint density at radius 1 is 0.791 bits per heavy atom. The van der Waals surface area contributed by atoms with Crippen molar-refractivity contribution < 1.29 is 9.59 Å². The number of amides is 2. The van der Waals surface area contributed by atoms with Gasteiger partial charge in [0.15, 0.2) is 0 Å². The molecule has 1 saturated heterocycles. The van der Waals surface area contributed by atoms with E-state index in [0.29, 0.717) is 16.8 Å². The van der Waals surface area contributed by atoms with E-state index in [1.54, 1.807) is 29.2 Å². The summed E-state index contributed by atoms with van der Waals surface area (Å²) in [6.45, 7) is 9.69. The number of piperazine rings is 1. The van der Waals surface area contributed by atoms with Gasteiger partial charge in [-0.1, -0.05) is 74.5 Å². The van der Waals surface area contributed by atoms with Crippen LogP contribution in [0.3, 0.4) is 0 Å². The van der Waals surface area contributed by atoms with Crippen molar-refractivity contribution in [1.82, 2.24) is 4.90 Å². The molecule has 1 heterocycles. The summed E-state index contributed by atoms with van der Waals surface area (Å²) >= 11 is 0.